The zero-order valence-electron chi connectivity index (χ0n) is 12.9. The molecular weight excluding hydrogens is 252 g/mol. The van der Waals surface area contributed by atoms with E-state index in [2.05, 4.69) is 20.4 Å². The van der Waals surface area contributed by atoms with Gasteiger partial charge in [-0.1, -0.05) is 32.1 Å². The summed E-state index contributed by atoms with van der Waals surface area (Å²) in [5.74, 6) is 0.149. The minimum atomic E-state index is -0.386. The van der Waals surface area contributed by atoms with Gasteiger partial charge < -0.3 is 4.74 Å². The van der Waals surface area contributed by atoms with Crippen molar-refractivity contribution in [3.05, 3.63) is 23.8 Å². The molecule has 0 radical (unpaired) electrons. The molecule has 3 heteroatoms. The van der Waals surface area contributed by atoms with E-state index in [0.717, 1.165) is 24.0 Å². The summed E-state index contributed by atoms with van der Waals surface area (Å²) in [6, 6.07) is 0. The summed E-state index contributed by atoms with van der Waals surface area (Å²) in [4.78, 5) is 24.0. The van der Waals surface area contributed by atoms with Gasteiger partial charge in [0.2, 0.25) is 0 Å². The Morgan fingerprint density at radius 2 is 2.10 bits per heavy atom. The molecule has 0 aromatic heterocycles. The molecule has 0 saturated heterocycles. The van der Waals surface area contributed by atoms with Gasteiger partial charge in [0.05, 0.1) is 0 Å². The number of allylic oxidation sites excluding steroid dienone is 1. The molecule has 0 aromatic rings. The number of hydrogen-bond acceptors (Lipinski definition) is 3. The van der Waals surface area contributed by atoms with Crippen LogP contribution in [0, 0.1) is 17.3 Å². The van der Waals surface area contributed by atoms with Crippen molar-refractivity contribution in [2.75, 3.05) is 0 Å². The predicted octanol–water partition coefficient (Wildman–Crippen LogP) is 3.45. The number of ketones is 1. The summed E-state index contributed by atoms with van der Waals surface area (Å²) >= 11 is 0. The number of fused-ring (bicyclic) bond motifs is 1. The molecule has 4 unspecified atom stereocenters. The van der Waals surface area contributed by atoms with E-state index in [1.165, 1.54) is 6.92 Å². The van der Waals surface area contributed by atoms with Crippen LogP contribution in [0.3, 0.4) is 0 Å². The Hall–Kier alpha value is -1.38. The van der Waals surface area contributed by atoms with E-state index in [1.54, 1.807) is 0 Å². The molecule has 0 amide bonds. The van der Waals surface area contributed by atoms with Crippen LogP contribution in [0.4, 0.5) is 0 Å². The molecule has 2 rings (SSSR count). The maximum atomic E-state index is 12.5. The van der Waals surface area contributed by atoms with E-state index in [-0.39, 0.29) is 29.2 Å². The van der Waals surface area contributed by atoms with Crippen LogP contribution in [0.2, 0.25) is 0 Å². The van der Waals surface area contributed by atoms with Gasteiger partial charge in [0.1, 0.15) is 6.10 Å². The van der Waals surface area contributed by atoms with Crippen LogP contribution in [0.5, 0.6) is 0 Å². The molecule has 0 aliphatic heterocycles. The van der Waals surface area contributed by atoms with Crippen molar-refractivity contribution >= 4 is 11.8 Å². The fraction of sp³-hybridized carbons (Fsp3) is 0.647. The second kappa shape index (κ2) is 5.19. The summed E-state index contributed by atoms with van der Waals surface area (Å²) in [5.41, 5.74) is 1.39. The van der Waals surface area contributed by atoms with E-state index >= 15 is 0 Å². The van der Waals surface area contributed by atoms with Crippen LogP contribution in [0.25, 0.3) is 0 Å². The lowest BCUT2D eigenvalue weighted by Gasteiger charge is -2.51. The van der Waals surface area contributed by atoms with Crippen molar-refractivity contribution in [3.8, 4) is 0 Å². The van der Waals surface area contributed by atoms with Crippen molar-refractivity contribution in [1.82, 2.24) is 0 Å². The van der Waals surface area contributed by atoms with E-state index in [4.69, 9.17) is 4.74 Å². The molecule has 0 bridgehead atoms. The molecule has 2 aliphatic rings. The summed E-state index contributed by atoms with van der Waals surface area (Å²) in [6.45, 7) is 11.6. The summed E-state index contributed by atoms with van der Waals surface area (Å²) in [7, 11) is 0. The van der Waals surface area contributed by atoms with Crippen molar-refractivity contribution in [3.63, 3.8) is 0 Å². The van der Waals surface area contributed by atoms with Crippen molar-refractivity contribution in [2.45, 2.75) is 53.1 Å². The lowest BCUT2D eigenvalue weighted by Crippen LogP contribution is -2.53. The van der Waals surface area contributed by atoms with Crippen LogP contribution in [0.1, 0.15) is 47.0 Å². The van der Waals surface area contributed by atoms with Gasteiger partial charge in [-0.3, -0.25) is 9.59 Å². The SMILES string of the molecule is C=C(C)C1CC(=O)C2=CCCC(C)C2(C)C1OC(C)=O. The Balaban J connectivity index is 2.52. The van der Waals surface area contributed by atoms with Crippen LogP contribution in [0.15, 0.2) is 23.8 Å². The molecular formula is C17H24O3. The molecule has 0 aromatic carbocycles. The molecule has 1 fully saturated rings. The number of Topliss-reactive ketones (excluding diaryl/α,β-unsaturated/α-hetero) is 1. The first-order valence-electron chi connectivity index (χ1n) is 7.35. The molecule has 3 nitrogen and oxygen atoms in total. The quantitative estimate of drug-likeness (QED) is 0.573. The normalized spacial score (nSPS) is 36.9. The molecule has 0 heterocycles. The number of ether oxygens (including phenoxy) is 1. The first-order valence-corrected chi connectivity index (χ1v) is 7.35. The highest BCUT2D eigenvalue weighted by Crippen LogP contribution is 2.53. The maximum absolute atomic E-state index is 12.5. The third kappa shape index (κ3) is 2.23. The van der Waals surface area contributed by atoms with E-state index < -0.39 is 0 Å². The standard InChI is InChI=1S/C17H24O3/c1-10(2)13-9-15(19)14-8-6-7-11(3)17(14,5)16(13)20-12(4)18/h8,11,13,16H,1,6-7,9H2,2-5H3. The fourth-order valence-electron chi connectivity index (χ4n) is 3.76. The van der Waals surface area contributed by atoms with Gasteiger partial charge in [-0.15, -0.1) is 0 Å². The van der Waals surface area contributed by atoms with Gasteiger partial charge in [0.15, 0.2) is 5.78 Å². The molecule has 0 N–H and O–H groups in total. The highest BCUT2D eigenvalue weighted by molar-refractivity contribution is 5.98. The monoisotopic (exact) mass is 276 g/mol. The Morgan fingerprint density at radius 1 is 1.45 bits per heavy atom. The lowest BCUT2D eigenvalue weighted by atomic mass is 9.55. The molecule has 0 spiro atoms. The van der Waals surface area contributed by atoms with Gasteiger partial charge in [-0.05, 0) is 25.7 Å². The van der Waals surface area contributed by atoms with Gasteiger partial charge in [0.25, 0.3) is 0 Å². The number of esters is 1. The summed E-state index contributed by atoms with van der Waals surface area (Å²) in [6.07, 6.45) is 4.13. The van der Waals surface area contributed by atoms with Crippen molar-refractivity contribution in [1.29, 1.82) is 0 Å². The first-order chi connectivity index (χ1) is 9.28. The number of carbonyl (C=O) groups is 2. The zero-order valence-corrected chi connectivity index (χ0v) is 12.9. The van der Waals surface area contributed by atoms with E-state index in [0.29, 0.717) is 12.3 Å². The lowest BCUT2D eigenvalue weighted by molar-refractivity contribution is -0.162. The second-order valence-corrected chi connectivity index (χ2v) is 6.49. The summed E-state index contributed by atoms with van der Waals surface area (Å²) < 4.78 is 5.66. The Morgan fingerprint density at radius 3 is 2.65 bits per heavy atom. The number of rotatable bonds is 2. The molecule has 1 saturated carbocycles. The highest BCUT2D eigenvalue weighted by Gasteiger charge is 2.54. The van der Waals surface area contributed by atoms with Crippen molar-refractivity contribution in [2.24, 2.45) is 17.3 Å². The van der Waals surface area contributed by atoms with Crippen LogP contribution in [-0.2, 0) is 14.3 Å². The van der Waals surface area contributed by atoms with Gasteiger partial charge in [-0.25, -0.2) is 0 Å². The molecule has 4 atom stereocenters. The van der Waals surface area contributed by atoms with Gasteiger partial charge in [-0.2, -0.15) is 0 Å². The topological polar surface area (TPSA) is 43.4 Å². The largest absolute Gasteiger partial charge is 0.461 e. The fourth-order valence-corrected chi connectivity index (χ4v) is 3.76. The molecule has 20 heavy (non-hydrogen) atoms. The molecule has 2 aliphatic carbocycles. The highest BCUT2D eigenvalue weighted by atomic mass is 16.5. The van der Waals surface area contributed by atoms with Crippen LogP contribution in [-0.4, -0.2) is 17.9 Å². The third-order valence-corrected chi connectivity index (χ3v) is 5.14. The van der Waals surface area contributed by atoms with Crippen LogP contribution < -0.4 is 0 Å². The van der Waals surface area contributed by atoms with Crippen molar-refractivity contribution < 1.29 is 14.3 Å². The second-order valence-electron chi connectivity index (χ2n) is 6.49. The molecule has 110 valence electrons. The average Bonchev–Trinajstić information content (AvgIpc) is 2.34. The third-order valence-electron chi connectivity index (χ3n) is 5.14. The first kappa shape index (κ1) is 15.0. The average molecular weight is 276 g/mol. The van der Waals surface area contributed by atoms with Crippen LogP contribution >= 0.6 is 0 Å². The number of hydrogen-bond donors (Lipinski definition) is 0. The minimum absolute atomic E-state index is 0.0749. The zero-order chi connectivity index (χ0) is 15.1. The minimum Gasteiger partial charge on any atom is -0.461 e. The van der Waals surface area contributed by atoms with E-state index in [1.807, 2.05) is 13.0 Å². The Labute approximate surface area is 121 Å². The Bertz CT molecular complexity index is 488. The van der Waals surface area contributed by atoms with E-state index in [9.17, 15) is 9.59 Å². The maximum Gasteiger partial charge on any atom is 0.302 e. The van der Waals surface area contributed by atoms with Gasteiger partial charge in [0, 0.05) is 30.3 Å². The predicted molar refractivity (Wildman–Crippen MR) is 78.1 cm³/mol. The number of carbonyl (C=O) groups excluding carboxylic acids is 2. The smallest absolute Gasteiger partial charge is 0.302 e. The summed E-state index contributed by atoms with van der Waals surface area (Å²) in [5, 5.41) is 0. The Kier molecular flexibility index (Phi) is 3.90. The van der Waals surface area contributed by atoms with Gasteiger partial charge >= 0.3 is 5.97 Å².